The Hall–Kier alpha value is -1.59. The molecule has 0 radical (unpaired) electrons. The van der Waals surface area contributed by atoms with Gasteiger partial charge in [-0.25, -0.2) is 0 Å². The van der Waals surface area contributed by atoms with E-state index in [1.807, 2.05) is 0 Å². The van der Waals surface area contributed by atoms with Gasteiger partial charge in [0.15, 0.2) is 6.10 Å². The molecular weight excluding hydrogens is 961 g/mol. The standard InChI is InChI=1S/C72H140O6/c1-4-7-10-13-16-19-22-25-27-29-31-32-33-34-35-36-37-38-39-40-41-43-44-47-50-53-56-59-62-65-71(74)77-68-69(67-76-70(73)64-61-58-55-52-49-46-24-21-18-15-12-9-6-3)78-72(75)66-63-60-57-54-51-48-45-42-30-28-26-23-20-17-14-11-8-5-2/h69H,4-68H2,1-3H3. The van der Waals surface area contributed by atoms with E-state index < -0.39 is 6.10 Å². The smallest absolute Gasteiger partial charge is 0.306 e. The van der Waals surface area contributed by atoms with E-state index in [1.165, 1.54) is 327 Å². The monoisotopic (exact) mass is 1100 g/mol. The fourth-order valence-corrected chi connectivity index (χ4v) is 11.5. The molecule has 78 heavy (non-hydrogen) atoms. The molecule has 6 nitrogen and oxygen atoms in total. The van der Waals surface area contributed by atoms with Crippen LogP contribution in [0.25, 0.3) is 0 Å². The quantitative estimate of drug-likeness (QED) is 0.0343. The summed E-state index contributed by atoms with van der Waals surface area (Å²) >= 11 is 0. The summed E-state index contributed by atoms with van der Waals surface area (Å²) in [5.41, 5.74) is 0. The summed E-state index contributed by atoms with van der Waals surface area (Å²) in [7, 11) is 0. The highest BCUT2D eigenvalue weighted by atomic mass is 16.6. The fourth-order valence-electron chi connectivity index (χ4n) is 11.5. The first-order valence-electron chi connectivity index (χ1n) is 36.0. The van der Waals surface area contributed by atoms with Crippen molar-refractivity contribution in [1.82, 2.24) is 0 Å². The second kappa shape index (κ2) is 67.9. The van der Waals surface area contributed by atoms with Crippen LogP contribution in [0.1, 0.15) is 425 Å². The molecule has 0 aliphatic rings. The Labute approximate surface area is 488 Å². The Bertz CT molecular complexity index is 1170. The summed E-state index contributed by atoms with van der Waals surface area (Å²) in [6.45, 7) is 6.74. The molecule has 0 bridgehead atoms. The number of unbranched alkanes of at least 4 members (excludes halogenated alkanes) is 57. The molecule has 0 N–H and O–H groups in total. The minimum absolute atomic E-state index is 0.0602. The first-order chi connectivity index (χ1) is 38.5. The number of hydrogen-bond acceptors (Lipinski definition) is 6. The van der Waals surface area contributed by atoms with E-state index in [0.29, 0.717) is 19.3 Å². The Balaban J connectivity index is 4.12. The molecule has 0 spiro atoms. The Morgan fingerprint density at radius 2 is 0.346 bits per heavy atom. The van der Waals surface area contributed by atoms with Crippen LogP contribution in [-0.4, -0.2) is 37.2 Å². The number of ether oxygens (including phenoxy) is 3. The molecule has 1 atom stereocenters. The Morgan fingerprint density at radius 1 is 0.205 bits per heavy atom. The van der Waals surface area contributed by atoms with Crippen LogP contribution < -0.4 is 0 Å². The van der Waals surface area contributed by atoms with Crippen molar-refractivity contribution < 1.29 is 28.6 Å². The van der Waals surface area contributed by atoms with Crippen molar-refractivity contribution in [2.45, 2.75) is 431 Å². The molecule has 1 unspecified atom stereocenters. The molecule has 0 aliphatic heterocycles. The van der Waals surface area contributed by atoms with E-state index >= 15 is 0 Å². The molecule has 0 heterocycles. The van der Waals surface area contributed by atoms with E-state index in [2.05, 4.69) is 20.8 Å². The van der Waals surface area contributed by atoms with Crippen molar-refractivity contribution >= 4 is 17.9 Å². The van der Waals surface area contributed by atoms with Gasteiger partial charge in [0.1, 0.15) is 13.2 Å². The first kappa shape index (κ1) is 76.4. The number of carbonyl (C=O) groups excluding carboxylic acids is 3. The topological polar surface area (TPSA) is 78.9 Å². The van der Waals surface area contributed by atoms with Crippen LogP contribution in [-0.2, 0) is 28.6 Å². The van der Waals surface area contributed by atoms with Crippen molar-refractivity contribution in [3.63, 3.8) is 0 Å². The first-order valence-corrected chi connectivity index (χ1v) is 36.0. The zero-order valence-corrected chi connectivity index (χ0v) is 53.5. The van der Waals surface area contributed by atoms with E-state index in [9.17, 15) is 14.4 Å². The number of carbonyl (C=O) groups is 3. The lowest BCUT2D eigenvalue weighted by molar-refractivity contribution is -0.167. The van der Waals surface area contributed by atoms with E-state index in [4.69, 9.17) is 14.2 Å². The van der Waals surface area contributed by atoms with Crippen LogP contribution in [0.4, 0.5) is 0 Å². The van der Waals surface area contributed by atoms with Crippen LogP contribution in [0.2, 0.25) is 0 Å². The minimum Gasteiger partial charge on any atom is -0.462 e. The lowest BCUT2D eigenvalue weighted by atomic mass is 10.0. The average molecular weight is 1100 g/mol. The second-order valence-corrected chi connectivity index (χ2v) is 24.9. The summed E-state index contributed by atoms with van der Waals surface area (Å²) in [5, 5.41) is 0. The highest BCUT2D eigenvalue weighted by Crippen LogP contribution is 2.20. The van der Waals surface area contributed by atoms with Gasteiger partial charge in [0, 0.05) is 19.3 Å². The normalized spacial score (nSPS) is 11.9. The molecule has 6 heteroatoms. The van der Waals surface area contributed by atoms with Gasteiger partial charge in [-0.05, 0) is 19.3 Å². The highest BCUT2D eigenvalue weighted by Gasteiger charge is 2.20. The van der Waals surface area contributed by atoms with Crippen LogP contribution in [0.5, 0.6) is 0 Å². The Morgan fingerprint density at radius 3 is 0.513 bits per heavy atom. The van der Waals surface area contributed by atoms with Gasteiger partial charge in [0.2, 0.25) is 0 Å². The summed E-state index contributed by atoms with van der Waals surface area (Å²) in [6, 6.07) is 0. The lowest BCUT2D eigenvalue weighted by Gasteiger charge is -2.18. The van der Waals surface area contributed by atoms with Gasteiger partial charge in [-0.1, -0.05) is 387 Å². The van der Waals surface area contributed by atoms with E-state index in [0.717, 1.165) is 57.8 Å². The van der Waals surface area contributed by atoms with E-state index in [1.54, 1.807) is 0 Å². The highest BCUT2D eigenvalue weighted by molar-refractivity contribution is 5.71. The van der Waals surface area contributed by atoms with Gasteiger partial charge in [-0.2, -0.15) is 0 Å². The molecule has 464 valence electrons. The van der Waals surface area contributed by atoms with Crippen LogP contribution in [0.15, 0.2) is 0 Å². The maximum Gasteiger partial charge on any atom is 0.306 e. The number of esters is 3. The number of rotatable bonds is 68. The SMILES string of the molecule is CCCCCCCCCCCCCCCCCCCCCCCCCCCCCCCC(=O)OCC(COC(=O)CCCCCCCCCCCCCCC)OC(=O)CCCCCCCCCCCCCCCCCCCC. The molecule has 0 aromatic rings. The summed E-state index contributed by atoms with van der Waals surface area (Å²) < 4.78 is 17.0. The average Bonchev–Trinajstić information content (AvgIpc) is 3.44. The zero-order chi connectivity index (χ0) is 56.4. The van der Waals surface area contributed by atoms with Gasteiger partial charge in [-0.3, -0.25) is 14.4 Å². The molecule has 0 saturated carbocycles. The van der Waals surface area contributed by atoms with Crippen LogP contribution >= 0.6 is 0 Å². The minimum atomic E-state index is -0.763. The lowest BCUT2D eigenvalue weighted by Crippen LogP contribution is -2.30. The van der Waals surface area contributed by atoms with Gasteiger partial charge >= 0.3 is 17.9 Å². The van der Waals surface area contributed by atoms with Crippen LogP contribution in [0.3, 0.4) is 0 Å². The third kappa shape index (κ3) is 65.2. The molecule has 0 rings (SSSR count). The molecular formula is C72H140O6. The summed E-state index contributed by atoms with van der Waals surface area (Å²) in [5.74, 6) is -0.821. The largest absolute Gasteiger partial charge is 0.462 e. The van der Waals surface area contributed by atoms with Gasteiger partial charge in [0.05, 0.1) is 0 Å². The van der Waals surface area contributed by atoms with Crippen molar-refractivity contribution in [2.24, 2.45) is 0 Å². The number of hydrogen-bond donors (Lipinski definition) is 0. The third-order valence-corrected chi connectivity index (χ3v) is 16.9. The molecule has 0 aromatic heterocycles. The zero-order valence-electron chi connectivity index (χ0n) is 53.5. The second-order valence-electron chi connectivity index (χ2n) is 24.9. The molecule has 0 saturated heterocycles. The summed E-state index contributed by atoms with van der Waals surface area (Å²) in [4.78, 5) is 38.4. The van der Waals surface area contributed by atoms with Gasteiger partial charge < -0.3 is 14.2 Å². The molecule has 0 aliphatic carbocycles. The third-order valence-electron chi connectivity index (χ3n) is 16.9. The van der Waals surface area contributed by atoms with Crippen LogP contribution in [0, 0.1) is 0 Å². The Kier molecular flexibility index (Phi) is 66.5. The molecule has 0 fully saturated rings. The van der Waals surface area contributed by atoms with Gasteiger partial charge in [0.25, 0.3) is 0 Å². The van der Waals surface area contributed by atoms with Gasteiger partial charge in [-0.15, -0.1) is 0 Å². The fraction of sp³-hybridized carbons (Fsp3) is 0.958. The van der Waals surface area contributed by atoms with Crippen molar-refractivity contribution in [1.29, 1.82) is 0 Å². The predicted octanol–water partition coefficient (Wildman–Crippen LogP) is 24.6. The predicted molar refractivity (Wildman–Crippen MR) is 340 cm³/mol. The molecule has 0 aromatic carbocycles. The maximum absolute atomic E-state index is 12.9. The summed E-state index contributed by atoms with van der Waals surface area (Å²) in [6.07, 6.45) is 80.0. The van der Waals surface area contributed by atoms with Crippen molar-refractivity contribution in [3.05, 3.63) is 0 Å². The van der Waals surface area contributed by atoms with Crippen molar-refractivity contribution in [3.8, 4) is 0 Å². The van der Waals surface area contributed by atoms with E-state index in [-0.39, 0.29) is 31.1 Å². The van der Waals surface area contributed by atoms with Crippen molar-refractivity contribution in [2.75, 3.05) is 13.2 Å². The molecule has 0 amide bonds. The maximum atomic E-state index is 12.9.